The Labute approximate surface area is 193 Å². The van der Waals surface area contributed by atoms with Crippen LogP contribution < -0.4 is 10.6 Å². The molecule has 2 aromatic rings. The Morgan fingerprint density at radius 2 is 2.00 bits per heavy atom. The molecule has 162 valence electrons. The number of H-pyrrole nitrogens is 1. The monoisotopic (exact) mass is 511 g/mol. The van der Waals surface area contributed by atoms with Crippen molar-refractivity contribution < 1.29 is 0 Å². The maximum absolute atomic E-state index is 4.82. The van der Waals surface area contributed by atoms with Crippen molar-refractivity contribution in [3.05, 3.63) is 35.5 Å². The highest BCUT2D eigenvalue weighted by Crippen LogP contribution is 2.21. The topological polar surface area (TPSA) is 55.5 Å². The summed E-state index contributed by atoms with van der Waals surface area (Å²) in [5, 5.41) is 8.23. The summed E-state index contributed by atoms with van der Waals surface area (Å²) < 4.78 is 0. The fourth-order valence-corrected chi connectivity index (χ4v) is 4.18. The molecule has 0 aliphatic carbocycles. The van der Waals surface area contributed by atoms with E-state index >= 15 is 0 Å². The highest BCUT2D eigenvalue weighted by atomic mass is 127. The third-order valence-electron chi connectivity index (χ3n) is 6.00. The van der Waals surface area contributed by atoms with E-state index in [2.05, 4.69) is 65.7 Å². The molecule has 1 saturated heterocycles. The first-order valence-electron chi connectivity index (χ1n) is 11.0. The van der Waals surface area contributed by atoms with Crippen molar-refractivity contribution in [2.75, 3.05) is 39.3 Å². The molecule has 0 saturated carbocycles. The normalized spacial score (nSPS) is 16.0. The zero-order chi connectivity index (χ0) is 19.8. The van der Waals surface area contributed by atoms with Crippen molar-refractivity contribution in [2.24, 2.45) is 10.9 Å². The second-order valence-electron chi connectivity index (χ2n) is 7.92. The molecule has 1 aromatic heterocycles. The number of benzene rings is 1. The molecule has 0 radical (unpaired) electrons. The predicted molar refractivity (Wildman–Crippen MR) is 136 cm³/mol. The molecular weight excluding hydrogens is 473 g/mol. The van der Waals surface area contributed by atoms with Crippen molar-refractivity contribution in [3.8, 4) is 0 Å². The molecule has 1 fully saturated rings. The van der Waals surface area contributed by atoms with Gasteiger partial charge in [-0.15, -0.1) is 24.0 Å². The molecule has 0 atom stereocenters. The van der Waals surface area contributed by atoms with Crippen LogP contribution in [0, 0.1) is 12.8 Å². The summed E-state index contributed by atoms with van der Waals surface area (Å²) in [6, 6.07) is 6.50. The quantitative estimate of drug-likeness (QED) is 0.281. The highest BCUT2D eigenvalue weighted by molar-refractivity contribution is 14.0. The van der Waals surface area contributed by atoms with Gasteiger partial charge in [-0.2, -0.15) is 0 Å². The van der Waals surface area contributed by atoms with Crippen molar-refractivity contribution >= 4 is 40.8 Å². The molecule has 0 amide bonds. The van der Waals surface area contributed by atoms with Crippen LogP contribution in [-0.2, 0) is 6.42 Å². The van der Waals surface area contributed by atoms with Gasteiger partial charge in [0, 0.05) is 36.7 Å². The number of hydrogen-bond acceptors (Lipinski definition) is 2. The molecule has 6 heteroatoms. The molecule has 3 rings (SSSR count). The second-order valence-corrected chi connectivity index (χ2v) is 7.92. The molecule has 0 bridgehead atoms. The Bertz CT molecular complexity index is 762. The summed E-state index contributed by atoms with van der Waals surface area (Å²) >= 11 is 0. The lowest BCUT2D eigenvalue weighted by Gasteiger charge is -2.30. The van der Waals surface area contributed by atoms with Gasteiger partial charge in [-0.05, 0) is 76.2 Å². The Morgan fingerprint density at radius 1 is 1.21 bits per heavy atom. The summed E-state index contributed by atoms with van der Waals surface area (Å²) in [5.74, 6) is 1.79. The number of aromatic nitrogens is 1. The molecule has 2 heterocycles. The van der Waals surface area contributed by atoms with Gasteiger partial charge in [0.25, 0.3) is 0 Å². The third kappa shape index (κ3) is 6.88. The van der Waals surface area contributed by atoms with Crippen LogP contribution in [0.1, 0.15) is 44.2 Å². The Kier molecular flexibility index (Phi) is 10.3. The number of para-hydroxylation sites is 1. The summed E-state index contributed by atoms with van der Waals surface area (Å²) in [6.07, 6.45) is 6.99. The van der Waals surface area contributed by atoms with Crippen LogP contribution in [0.5, 0.6) is 0 Å². The van der Waals surface area contributed by atoms with Gasteiger partial charge in [-0.25, -0.2) is 0 Å². The number of fused-ring (bicyclic) bond motifs is 1. The van der Waals surface area contributed by atoms with Gasteiger partial charge < -0.3 is 20.5 Å². The maximum Gasteiger partial charge on any atom is 0.191 e. The van der Waals surface area contributed by atoms with Gasteiger partial charge in [0.05, 0.1) is 0 Å². The Hall–Kier alpha value is -1.28. The number of halogens is 1. The van der Waals surface area contributed by atoms with Crippen molar-refractivity contribution in [2.45, 2.75) is 46.5 Å². The number of aryl methyl sites for hydroxylation is 1. The van der Waals surface area contributed by atoms with Crippen LogP contribution in [0.4, 0.5) is 0 Å². The minimum atomic E-state index is 0. The van der Waals surface area contributed by atoms with E-state index in [1.807, 2.05) is 0 Å². The van der Waals surface area contributed by atoms with E-state index < -0.39 is 0 Å². The van der Waals surface area contributed by atoms with Gasteiger partial charge in [0.2, 0.25) is 0 Å². The van der Waals surface area contributed by atoms with E-state index in [1.54, 1.807) is 0 Å². The van der Waals surface area contributed by atoms with Gasteiger partial charge >= 0.3 is 0 Å². The first kappa shape index (κ1) is 24.0. The first-order valence-corrected chi connectivity index (χ1v) is 11.0. The number of aliphatic imine (C=N–C) groups is 1. The standard InChI is InChI=1S/C23H37N5.HI/c1-4-24-23(25-13-9-19-11-15-28(5-2)16-12-19)26-14-10-20-17-27-22-18(3)7-6-8-21(20)22;/h6-8,17,19,27H,4-5,9-16H2,1-3H3,(H2,24,25,26);1H. The number of likely N-dealkylation sites (tertiary alicyclic amines) is 1. The smallest absolute Gasteiger partial charge is 0.191 e. The predicted octanol–water partition coefficient (Wildman–Crippen LogP) is 4.31. The molecule has 0 spiro atoms. The van der Waals surface area contributed by atoms with Crippen LogP contribution in [0.2, 0.25) is 0 Å². The third-order valence-corrected chi connectivity index (χ3v) is 6.00. The van der Waals surface area contributed by atoms with E-state index in [4.69, 9.17) is 4.99 Å². The highest BCUT2D eigenvalue weighted by Gasteiger charge is 2.17. The zero-order valence-corrected chi connectivity index (χ0v) is 20.6. The van der Waals surface area contributed by atoms with Crippen LogP contribution in [-0.4, -0.2) is 55.1 Å². The minimum Gasteiger partial charge on any atom is -0.361 e. The van der Waals surface area contributed by atoms with Crippen molar-refractivity contribution in [1.82, 2.24) is 20.5 Å². The molecule has 29 heavy (non-hydrogen) atoms. The van der Waals surface area contributed by atoms with Crippen LogP contribution in [0.15, 0.2) is 29.4 Å². The number of aromatic amines is 1. The van der Waals surface area contributed by atoms with Crippen LogP contribution in [0.3, 0.4) is 0 Å². The summed E-state index contributed by atoms with van der Waals surface area (Å²) in [4.78, 5) is 10.8. The Balaban J connectivity index is 0.00000300. The van der Waals surface area contributed by atoms with Crippen molar-refractivity contribution in [3.63, 3.8) is 0 Å². The summed E-state index contributed by atoms with van der Waals surface area (Å²) in [6.45, 7) is 12.9. The average molecular weight is 511 g/mol. The van der Waals surface area contributed by atoms with Gasteiger partial charge in [-0.3, -0.25) is 4.99 Å². The average Bonchev–Trinajstić information content (AvgIpc) is 3.13. The largest absolute Gasteiger partial charge is 0.361 e. The van der Waals surface area contributed by atoms with Crippen molar-refractivity contribution in [1.29, 1.82) is 0 Å². The van der Waals surface area contributed by atoms with Gasteiger partial charge in [-0.1, -0.05) is 25.1 Å². The lowest BCUT2D eigenvalue weighted by Crippen LogP contribution is -2.38. The fraction of sp³-hybridized carbons (Fsp3) is 0.609. The molecule has 1 aromatic carbocycles. The number of guanidine groups is 1. The van der Waals surface area contributed by atoms with E-state index in [9.17, 15) is 0 Å². The minimum absolute atomic E-state index is 0. The van der Waals surface area contributed by atoms with E-state index in [1.165, 1.54) is 60.9 Å². The number of hydrogen-bond donors (Lipinski definition) is 3. The maximum atomic E-state index is 4.82. The van der Waals surface area contributed by atoms with E-state index in [-0.39, 0.29) is 24.0 Å². The second kappa shape index (κ2) is 12.4. The molecular formula is C23H38IN5. The molecule has 1 aliphatic rings. The molecule has 5 nitrogen and oxygen atoms in total. The Morgan fingerprint density at radius 3 is 2.72 bits per heavy atom. The SMILES string of the molecule is CCNC(=NCCC1CCN(CC)CC1)NCCc1c[nH]c2c(C)cccc12.I. The first-order chi connectivity index (χ1) is 13.7. The number of nitrogens with one attached hydrogen (secondary N) is 3. The number of rotatable bonds is 8. The lowest BCUT2D eigenvalue weighted by molar-refractivity contribution is 0.188. The van der Waals surface area contributed by atoms with Crippen LogP contribution in [0.25, 0.3) is 10.9 Å². The lowest BCUT2D eigenvalue weighted by atomic mass is 9.94. The number of nitrogens with zero attached hydrogens (tertiary/aromatic N) is 2. The van der Waals surface area contributed by atoms with Crippen LogP contribution >= 0.6 is 24.0 Å². The molecule has 1 aliphatic heterocycles. The fourth-order valence-electron chi connectivity index (χ4n) is 4.18. The summed E-state index contributed by atoms with van der Waals surface area (Å²) in [7, 11) is 0. The molecule has 0 unspecified atom stereocenters. The van der Waals surface area contributed by atoms with Gasteiger partial charge in [0.15, 0.2) is 5.96 Å². The van der Waals surface area contributed by atoms with E-state index in [0.717, 1.165) is 37.9 Å². The van der Waals surface area contributed by atoms with Gasteiger partial charge in [0.1, 0.15) is 0 Å². The number of piperidine rings is 1. The van der Waals surface area contributed by atoms with E-state index in [0.29, 0.717) is 0 Å². The summed E-state index contributed by atoms with van der Waals surface area (Å²) in [5.41, 5.74) is 3.92. The zero-order valence-electron chi connectivity index (χ0n) is 18.3. The molecule has 3 N–H and O–H groups in total.